The molecule has 0 bridgehead atoms. The van der Waals surface area contributed by atoms with Gasteiger partial charge >= 0.3 is 0 Å². The number of nitrogens with zero attached hydrogens (tertiary/aromatic N) is 1. The molecule has 18 heavy (non-hydrogen) atoms. The summed E-state index contributed by atoms with van der Waals surface area (Å²) < 4.78 is 20.7. The largest absolute Gasteiger partial charge is 0.374 e. The SMILES string of the molecule is CN(C)C(c1cc(Br)ccc1F)C1CNCCO1. The number of morpholine rings is 1. The molecule has 2 unspecified atom stereocenters. The number of halogens is 2. The zero-order valence-electron chi connectivity index (χ0n) is 10.6. The zero-order valence-corrected chi connectivity index (χ0v) is 12.2. The third kappa shape index (κ3) is 3.09. The molecule has 2 atom stereocenters. The molecule has 1 aromatic carbocycles. The van der Waals surface area contributed by atoms with E-state index >= 15 is 0 Å². The third-order valence-electron chi connectivity index (χ3n) is 3.14. The highest BCUT2D eigenvalue weighted by Gasteiger charge is 2.29. The maximum atomic E-state index is 14.0. The molecule has 1 N–H and O–H groups in total. The van der Waals surface area contributed by atoms with Crippen molar-refractivity contribution in [2.24, 2.45) is 0 Å². The van der Waals surface area contributed by atoms with Crippen molar-refractivity contribution in [1.82, 2.24) is 10.2 Å². The molecule has 0 amide bonds. The Kier molecular flexibility index (Phi) is 4.72. The monoisotopic (exact) mass is 316 g/mol. The van der Waals surface area contributed by atoms with Crippen molar-refractivity contribution in [1.29, 1.82) is 0 Å². The Morgan fingerprint density at radius 1 is 1.50 bits per heavy atom. The molecule has 1 fully saturated rings. The van der Waals surface area contributed by atoms with Crippen LogP contribution in [0.2, 0.25) is 0 Å². The van der Waals surface area contributed by atoms with Gasteiger partial charge < -0.3 is 10.1 Å². The van der Waals surface area contributed by atoms with Crippen LogP contribution in [0.5, 0.6) is 0 Å². The highest BCUT2D eigenvalue weighted by molar-refractivity contribution is 9.10. The Labute approximate surface area is 115 Å². The standard InChI is InChI=1S/C13H18BrFN2O/c1-17(2)13(12-8-16-5-6-18-12)10-7-9(14)3-4-11(10)15/h3-4,7,12-13,16H,5-6,8H2,1-2H3. The summed E-state index contributed by atoms with van der Waals surface area (Å²) >= 11 is 3.40. The first-order valence-electron chi connectivity index (χ1n) is 6.03. The number of nitrogens with one attached hydrogen (secondary N) is 1. The van der Waals surface area contributed by atoms with Gasteiger partial charge in [-0.1, -0.05) is 15.9 Å². The molecule has 0 spiro atoms. The second-order valence-corrected chi connectivity index (χ2v) is 5.60. The van der Waals surface area contributed by atoms with Crippen LogP contribution in [0.3, 0.4) is 0 Å². The van der Waals surface area contributed by atoms with Gasteiger partial charge in [-0.3, -0.25) is 4.90 Å². The Hall–Kier alpha value is -0.490. The number of benzene rings is 1. The van der Waals surface area contributed by atoms with Crippen molar-refractivity contribution in [2.45, 2.75) is 12.1 Å². The van der Waals surface area contributed by atoms with Gasteiger partial charge in [0.1, 0.15) is 5.82 Å². The Morgan fingerprint density at radius 3 is 2.89 bits per heavy atom. The van der Waals surface area contributed by atoms with Gasteiger partial charge in [-0.25, -0.2) is 4.39 Å². The highest BCUT2D eigenvalue weighted by atomic mass is 79.9. The lowest BCUT2D eigenvalue weighted by Crippen LogP contribution is -2.45. The number of ether oxygens (including phenoxy) is 1. The molecule has 1 aliphatic heterocycles. The first-order chi connectivity index (χ1) is 8.59. The predicted octanol–water partition coefficient (Wildman–Crippen LogP) is 2.18. The molecule has 1 saturated heterocycles. The van der Waals surface area contributed by atoms with E-state index in [2.05, 4.69) is 21.2 Å². The van der Waals surface area contributed by atoms with E-state index in [0.717, 1.165) is 17.6 Å². The van der Waals surface area contributed by atoms with Crippen LogP contribution in [0, 0.1) is 5.82 Å². The molecule has 0 aromatic heterocycles. The van der Waals surface area contributed by atoms with Gasteiger partial charge in [-0.05, 0) is 32.3 Å². The average molecular weight is 317 g/mol. The molecule has 1 aliphatic rings. The molecule has 0 saturated carbocycles. The third-order valence-corrected chi connectivity index (χ3v) is 3.63. The first kappa shape index (κ1) is 13.9. The number of hydrogen-bond acceptors (Lipinski definition) is 3. The molecule has 5 heteroatoms. The topological polar surface area (TPSA) is 24.5 Å². The lowest BCUT2D eigenvalue weighted by atomic mass is 9.99. The van der Waals surface area contributed by atoms with E-state index in [1.54, 1.807) is 6.07 Å². The van der Waals surface area contributed by atoms with Gasteiger partial charge in [0.15, 0.2) is 0 Å². The lowest BCUT2D eigenvalue weighted by molar-refractivity contribution is -0.0221. The van der Waals surface area contributed by atoms with Crippen LogP contribution >= 0.6 is 15.9 Å². The van der Waals surface area contributed by atoms with Gasteiger partial charge in [0, 0.05) is 23.1 Å². The van der Waals surface area contributed by atoms with Crippen molar-refractivity contribution in [3.05, 3.63) is 34.1 Å². The molecule has 100 valence electrons. The molecular weight excluding hydrogens is 299 g/mol. The normalized spacial score (nSPS) is 22.2. The van der Waals surface area contributed by atoms with E-state index in [1.807, 2.05) is 25.1 Å². The molecule has 3 nitrogen and oxygen atoms in total. The molecule has 1 aromatic rings. The highest BCUT2D eigenvalue weighted by Crippen LogP contribution is 2.29. The fraction of sp³-hybridized carbons (Fsp3) is 0.538. The molecule has 0 aliphatic carbocycles. The Balaban J connectivity index is 2.31. The van der Waals surface area contributed by atoms with Crippen LogP contribution in [0.1, 0.15) is 11.6 Å². The van der Waals surface area contributed by atoms with Crippen LogP contribution in [0.25, 0.3) is 0 Å². The Morgan fingerprint density at radius 2 is 2.28 bits per heavy atom. The summed E-state index contributed by atoms with van der Waals surface area (Å²) in [7, 11) is 3.89. The summed E-state index contributed by atoms with van der Waals surface area (Å²) in [4.78, 5) is 2.00. The van der Waals surface area contributed by atoms with E-state index < -0.39 is 0 Å². The van der Waals surface area contributed by atoms with E-state index in [4.69, 9.17) is 4.74 Å². The van der Waals surface area contributed by atoms with Crippen LogP contribution in [0.4, 0.5) is 4.39 Å². The zero-order chi connectivity index (χ0) is 13.1. The average Bonchev–Trinajstić information content (AvgIpc) is 2.35. The van der Waals surface area contributed by atoms with Gasteiger partial charge in [0.2, 0.25) is 0 Å². The van der Waals surface area contributed by atoms with Crippen molar-refractivity contribution < 1.29 is 9.13 Å². The number of likely N-dealkylation sites (N-methyl/N-ethyl adjacent to an activating group) is 1. The van der Waals surface area contributed by atoms with Crippen LogP contribution in [-0.2, 0) is 4.74 Å². The minimum atomic E-state index is -0.189. The van der Waals surface area contributed by atoms with Crippen molar-refractivity contribution in [3.63, 3.8) is 0 Å². The number of hydrogen-bond donors (Lipinski definition) is 1. The molecule has 1 heterocycles. The second-order valence-electron chi connectivity index (χ2n) is 4.69. The predicted molar refractivity (Wildman–Crippen MR) is 73.1 cm³/mol. The summed E-state index contributed by atoms with van der Waals surface area (Å²) in [6.07, 6.45) is -0.0300. The minimum Gasteiger partial charge on any atom is -0.374 e. The molecular formula is C13H18BrFN2O. The van der Waals surface area contributed by atoms with Crippen LogP contribution in [-0.4, -0.2) is 44.8 Å². The van der Waals surface area contributed by atoms with E-state index in [-0.39, 0.29) is 18.0 Å². The van der Waals surface area contributed by atoms with Crippen molar-refractivity contribution in [2.75, 3.05) is 33.8 Å². The first-order valence-corrected chi connectivity index (χ1v) is 6.82. The summed E-state index contributed by atoms with van der Waals surface area (Å²) in [5.74, 6) is -0.189. The number of rotatable bonds is 3. The van der Waals surface area contributed by atoms with Crippen molar-refractivity contribution in [3.8, 4) is 0 Å². The summed E-state index contributed by atoms with van der Waals surface area (Å²) in [6.45, 7) is 2.27. The van der Waals surface area contributed by atoms with E-state index in [0.29, 0.717) is 12.2 Å². The smallest absolute Gasteiger partial charge is 0.128 e. The van der Waals surface area contributed by atoms with Gasteiger partial charge in [0.25, 0.3) is 0 Å². The Bertz CT molecular complexity index is 408. The maximum Gasteiger partial charge on any atom is 0.128 e. The maximum absolute atomic E-state index is 14.0. The quantitative estimate of drug-likeness (QED) is 0.925. The second kappa shape index (κ2) is 6.10. The summed E-state index contributed by atoms with van der Waals surface area (Å²) in [6, 6.07) is 4.95. The van der Waals surface area contributed by atoms with E-state index in [9.17, 15) is 4.39 Å². The van der Waals surface area contributed by atoms with E-state index in [1.165, 1.54) is 6.07 Å². The molecule has 2 rings (SSSR count). The summed E-state index contributed by atoms with van der Waals surface area (Å²) in [5, 5.41) is 3.29. The van der Waals surface area contributed by atoms with Gasteiger partial charge in [-0.2, -0.15) is 0 Å². The summed E-state index contributed by atoms with van der Waals surface area (Å²) in [5.41, 5.74) is 0.670. The van der Waals surface area contributed by atoms with Crippen LogP contribution < -0.4 is 5.32 Å². The minimum absolute atomic E-state index is 0.0300. The van der Waals surface area contributed by atoms with Gasteiger partial charge in [0.05, 0.1) is 18.8 Å². The molecule has 0 radical (unpaired) electrons. The fourth-order valence-electron chi connectivity index (χ4n) is 2.34. The van der Waals surface area contributed by atoms with Gasteiger partial charge in [-0.15, -0.1) is 0 Å². The fourth-order valence-corrected chi connectivity index (χ4v) is 2.72. The van der Waals surface area contributed by atoms with Crippen molar-refractivity contribution >= 4 is 15.9 Å². The lowest BCUT2D eigenvalue weighted by Gasteiger charge is -2.35. The van der Waals surface area contributed by atoms with Crippen LogP contribution in [0.15, 0.2) is 22.7 Å².